The molecule has 5 aromatic rings. The van der Waals surface area contributed by atoms with E-state index in [9.17, 15) is 2.74 Å². The number of hydrogen-bond donors (Lipinski definition) is 0. The van der Waals surface area contributed by atoms with Crippen molar-refractivity contribution in [1.29, 1.82) is 0 Å². The summed E-state index contributed by atoms with van der Waals surface area (Å²) < 4.78 is 32.1. The van der Waals surface area contributed by atoms with Crippen molar-refractivity contribution in [2.24, 2.45) is 4.99 Å². The molecule has 8 rings (SSSR count). The van der Waals surface area contributed by atoms with Gasteiger partial charge in [0.05, 0.1) is 11.4 Å². The van der Waals surface area contributed by atoms with Crippen LogP contribution in [0.15, 0.2) is 90.1 Å². The summed E-state index contributed by atoms with van der Waals surface area (Å²) in [5.41, 5.74) is 11.2. The predicted octanol–water partition coefficient (Wildman–Crippen LogP) is 11.0. The standard InChI is InChI=1S/C45H47N3O2/c1-26(2)31-16-17-46-42(21-31)48-38-13-11-10-12-36(38)44(7,8)37-15-14-33(22-39(37)48)49-40-23-35(29(5)20-30(40)6)43-47-45(9)25-32-19-27(3)18-28(4)34(32)24-41(45)50-43/h10-23,26,41H,24-25H2,1-9H3/t41-,45-/m0/s1/i25D2. The van der Waals surface area contributed by atoms with E-state index in [1.165, 1.54) is 16.7 Å². The van der Waals surface area contributed by atoms with Crippen molar-refractivity contribution in [2.45, 2.75) is 98.1 Å². The van der Waals surface area contributed by atoms with E-state index in [4.69, 9.17) is 19.5 Å². The van der Waals surface area contributed by atoms with Crippen LogP contribution in [0.5, 0.6) is 11.5 Å². The lowest BCUT2D eigenvalue weighted by Gasteiger charge is -2.41. The number of pyridine rings is 1. The van der Waals surface area contributed by atoms with Crippen molar-refractivity contribution < 1.29 is 12.2 Å². The maximum atomic E-state index is 9.36. The maximum absolute atomic E-state index is 9.36. The summed E-state index contributed by atoms with van der Waals surface area (Å²) in [6, 6.07) is 27.5. The number of rotatable bonds is 5. The van der Waals surface area contributed by atoms with Gasteiger partial charge in [-0.3, -0.25) is 4.90 Å². The van der Waals surface area contributed by atoms with Gasteiger partial charge in [0.25, 0.3) is 0 Å². The molecule has 1 aromatic heterocycles. The average molecular weight is 664 g/mol. The second-order valence-corrected chi connectivity index (χ2v) is 15.4. The quantitative estimate of drug-likeness (QED) is 0.188. The Bertz CT molecular complexity index is 2310. The van der Waals surface area contributed by atoms with Gasteiger partial charge in [0.1, 0.15) is 29.0 Å². The monoisotopic (exact) mass is 663 g/mol. The van der Waals surface area contributed by atoms with Crippen LogP contribution < -0.4 is 9.64 Å². The predicted molar refractivity (Wildman–Crippen MR) is 204 cm³/mol. The van der Waals surface area contributed by atoms with Gasteiger partial charge in [-0.2, -0.15) is 0 Å². The zero-order valence-electron chi connectivity index (χ0n) is 32.6. The smallest absolute Gasteiger partial charge is 0.217 e. The van der Waals surface area contributed by atoms with Gasteiger partial charge in [-0.1, -0.05) is 75.7 Å². The average Bonchev–Trinajstić information content (AvgIpc) is 3.44. The van der Waals surface area contributed by atoms with Crippen molar-refractivity contribution in [2.75, 3.05) is 4.90 Å². The Hall–Kier alpha value is -4.90. The van der Waals surface area contributed by atoms with Crippen LogP contribution in [-0.2, 0) is 22.9 Å². The van der Waals surface area contributed by atoms with E-state index in [2.05, 4.69) is 113 Å². The minimum atomic E-state index is -1.70. The van der Waals surface area contributed by atoms with Gasteiger partial charge in [0, 0.05) is 38.8 Å². The molecule has 0 radical (unpaired) electrons. The highest BCUT2D eigenvalue weighted by Gasteiger charge is 2.46. The lowest BCUT2D eigenvalue weighted by Crippen LogP contribution is -2.42. The van der Waals surface area contributed by atoms with Crippen molar-refractivity contribution in [3.63, 3.8) is 0 Å². The lowest BCUT2D eigenvalue weighted by molar-refractivity contribution is 0.136. The summed E-state index contributed by atoms with van der Waals surface area (Å²) in [5.74, 6) is 3.12. The van der Waals surface area contributed by atoms with Crippen LogP contribution >= 0.6 is 0 Å². The normalized spacial score (nSPS) is 21.6. The van der Waals surface area contributed by atoms with Gasteiger partial charge in [0.15, 0.2) is 0 Å². The van der Waals surface area contributed by atoms with Crippen molar-refractivity contribution in [3.8, 4) is 11.5 Å². The highest BCUT2D eigenvalue weighted by atomic mass is 16.5. The van der Waals surface area contributed by atoms with Crippen LogP contribution in [0.25, 0.3) is 0 Å². The number of para-hydroxylation sites is 1. The third kappa shape index (κ3) is 5.21. The van der Waals surface area contributed by atoms with Crippen molar-refractivity contribution in [3.05, 3.63) is 141 Å². The van der Waals surface area contributed by atoms with E-state index in [1.54, 1.807) is 0 Å². The van der Waals surface area contributed by atoms with Crippen LogP contribution in [0.2, 0.25) is 0 Å². The molecule has 4 aromatic carbocycles. The molecule has 0 N–H and O–H groups in total. The second-order valence-electron chi connectivity index (χ2n) is 15.4. The number of fused-ring (bicyclic) bond motifs is 4. The molecule has 0 saturated carbocycles. The van der Waals surface area contributed by atoms with Crippen LogP contribution in [0.1, 0.15) is 98.9 Å². The molecule has 3 heterocycles. The molecule has 5 heteroatoms. The Labute approximate surface area is 299 Å². The molecule has 2 aliphatic heterocycles. The molecule has 50 heavy (non-hydrogen) atoms. The first-order valence-electron chi connectivity index (χ1n) is 18.8. The number of anilines is 3. The third-order valence-corrected chi connectivity index (χ3v) is 11.0. The van der Waals surface area contributed by atoms with E-state index in [1.807, 2.05) is 39.1 Å². The molecule has 0 unspecified atom stereocenters. The van der Waals surface area contributed by atoms with Gasteiger partial charge in [-0.05, 0) is 115 Å². The first-order chi connectivity index (χ1) is 24.6. The Kier molecular flexibility index (Phi) is 6.94. The van der Waals surface area contributed by atoms with Gasteiger partial charge in [-0.15, -0.1) is 0 Å². The number of nitrogens with zero attached hydrogens (tertiary/aromatic N) is 3. The molecule has 0 amide bonds. The molecule has 1 aliphatic carbocycles. The summed E-state index contributed by atoms with van der Waals surface area (Å²) in [7, 11) is 0. The molecule has 254 valence electrons. The third-order valence-electron chi connectivity index (χ3n) is 11.0. The SMILES string of the molecule is [2H]C1([2H])c2cc(C)cc(C)c2C[C@@H]2OC(c3cc(Oc4ccc5c(c4)N(c4cc(C(C)C)ccn4)c4ccccc4C5(C)C)c(C)cc3C)=N[C@]21C. The van der Waals surface area contributed by atoms with Gasteiger partial charge >= 0.3 is 0 Å². The Morgan fingerprint density at radius 1 is 0.860 bits per heavy atom. The van der Waals surface area contributed by atoms with E-state index in [0.717, 1.165) is 56.1 Å². The molecular weight excluding hydrogens is 615 g/mol. The first kappa shape index (κ1) is 30.0. The number of aromatic nitrogens is 1. The van der Waals surface area contributed by atoms with Crippen molar-refractivity contribution in [1.82, 2.24) is 4.98 Å². The topological polar surface area (TPSA) is 47.0 Å². The Morgan fingerprint density at radius 3 is 2.44 bits per heavy atom. The lowest BCUT2D eigenvalue weighted by atomic mass is 9.73. The number of aliphatic imine (C=N–C) groups is 1. The molecule has 3 aliphatic rings. The minimum Gasteiger partial charge on any atom is -0.471 e. The molecule has 0 bridgehead atoms. The second kappa shape index (κ2) is 11.6. The minimum absolute atomic E-state index is 0.240. The first-order valence-corrected chi connectivity index (χ1v) is 17.8. The van der Waals surface area contributed by atoms with E-state index >= 15 is 0 Å². The van der Waals surface area contributed by atoms with Crippen molar-refractivity contribution >= 4 is 23.1 Å². The van der Waals surface area contributed by atoms with Gasteiger partial charge in [-0.25, -0.2) is 9.98 Å². The zero-order chi connectivity index (χ0) is 36.9. The molecule has 0 spiro atoms. The van der Waals surface area contributed by atoms with Crippen LogP contribution in [0.3, 0.4) is 0 Å². The van der Waals surface area contributed by atoms with Gasteiger partial charge in [0.2, 0.25) is 5.90 Å². The summed E-state index contributed by atoms with van der Waals surface area (Å²) in [5, 5.41) is 0. The molecule has 0 saturated heterocycles. The van der Waals surface area contributed by atoms with Crippen LogP contribution in [0.4, 0.5) is 17.2 Å². The molecule has 2 atom stereocenters. The molecule has 0 fully saturated rings. The highest BCUT2D eigenvalue weighted by molar-refractivity contribution is 5.98. The summed E-state index contributed by atoms with van der Waals surface area (Å²) in [4.78, 5) is 12.2. The highest BCUT2D eigenvalue weighted by Crippen LogP contribution is 2.52. The van der Waals surface area contributed by atoms with E-state index in [0.29, 0.717) is 29.7 Å². The number of benzene rings is 4. The fourth-order valence-electron chi connectivity index (χ4n) is 8.09. The van der Waals surface area contributed by atoms with E-state index in [-0.39, 0.29) is 5.41 Å². The summed E-state index contributed by atoms with van der Waals surface area (Å²) >= 11 is 0. The van der Waals surface area contributed by atoms with E-state index < -0.39 is 18.0 Å². The fraction of sp³-hybridized carbons (Fsp3) is 0.333. The molecular formula is C45H47N3O2. The Balaban J connectivity index is 1.18. The summed E-state index contributed by atoms with van der Waals surface area (Å²) in [6.07, 6.45) is 0.393. The van der Waals surface area contributed by atoms with Gasteiger partial charge < -0.3 is 9.47 Å². The largest absolute Gasteiger partial charge is 0.471 e. The van der Waals surface area contributed by atoms with Crippen LogP contribution in [-0.4, -0.2) is 22.5 Å². The number of ether oxygens (including phenoxy) is 2. The zero-order valence-corrected chi connectivity index (χ0v) is 30.6. The number of aryl methyl sites for hydroxylation is 4. The number of hydrogen-bond acceptors (Lipinski definition) is 5. The fourth-order valence-corrected chi connectivity index (χ4v) is 8.09. The molecule has 5 nitrogen and oxygen atoms in total. The summed E-state index contributed by atoms with van der Waals surface area (Å²) in [6.45, 7) is 19.1. The Morgan fingerprint density at radius 2 is 1.64 bits per heavy atom. The van der Waals surface area contributed by atoms with Crippen LogP contribution in [0, 0.1) is 27.7 Å². The maximum Gasteiger partial charge on any atom is 0.217 e.